The van der Waals surface area contributed by atoms with Crippen molar-refractivity contribution >= 4 is 5.91 Å². The Kier molecular flexibility index (Phi) is 4.99. The molecule has 19 heavy (non-hydrogen) atoms. The highest BCUT2D eigenvalue weighted by atomic mass is 16.3. The lowest BCUT2D eigenvalue weighted by molar-refractivity contribution is -0.123. The molecule has 0 bridgehead atoms. The van der Waals surface area contributed by atoms with Crippen LogP contribution in [0, 0.1) is 5.92 Å². The summed E-state index contributed by atoms with van der Waals surface area (Å²) in [6.45, 7) is 4.89. The Morgan fingerprint density at radius 3 is 3.16 bits per heavy atom. The third kappa shape index (κ3) is 4.08. The quantitative estimate of drug-likeness (QED) is 0.831. The number of nitrogens with two attached hydrogens (primary N) is 1. The van der Waals surface area contributed by atoms with Crippen LogP contribution in [-0.2, 0) is 11.3 Å². The van der Waals surface area contributed by atoms with Gasteiger partial charge in [-0.1, -0.05) is 13.3 Å². The van der Waals surface area contributed by atoms with E-state index >= 15 is 0 Å². The number of hydrogen-bond donors (Lipinski definition) is 2. The van der Waals surface area contributed by atoms with Crippen LogP contribution in [0.2, 0.25) is 0 Å². The minimum Gasteiger partial charge on any atom is -0.467 e. The number of carbonyl (C=O) groups is 1. The average molecular weight is 265 g/mol. The Hall–Kier alpha value is -1.33. The fraction of sp³-hybridized carbons (Fsp3) is 0.643. The molecule has 1 aromatic rings. The molecule has 1 aliphatic rings. The number of hydrogen-bond acceptors (Lipinski definition) is 4. The second-order valence-electron chi connectivity index (χ2n) is 5.21. The third-order valence-electron chi connectivity index (χ3n) is 3.81. The van der Waals surface area contributed by atoms with Crippen LogP contribution in [0.1, 0.15) is 25.5 Å². The molecule has 0 saturated carbocycles. The molecule has 0 aromatic carbocycles. The number of piperidine rings is 1. The summed E-state index contributed by atoms with van der Waals surface area (Å²) in [6.07, 6.45) is 3.66. The molecule has 0 aliphatic carbocycles. The van der Waals surface area contributed by atoms with Crippen LogP contribution in [0.25, 0.3) is 0 Å². The van der Waals surface area contributed by atoms with E-state index in [-0.39, 0.29) is 11.9 Å². The first-order valence-corrected chi connectivity index (χ1v) is 6.96. The van der Waals surface area contributed by atoms with E-state index in [1.165, 1.54) is 0 Å². The van der Waals surface area contributed by atoms with Gasteiger partial charge >= 0.3 is 0 Å². The molecule has 2 unspecified atom stereocenters. The van der Waals surface area contributed by atoms with Crippen LogP contribution >= 0.6 is 0 Å². The predicted molar refractivity (Wildman–Crippen MR) is 73.4 cm³/mol. The molecular weight excluding hydrogens is 242 g/mol. The van der Waals surface area contributed by atoms with E-state index in [4.69, 9.17) is 10.2 Å². The lowest BCUT2D eigenvalue weighted by Gasteiger charge is -2.36. The van der Waals surface area contributed by atoms with Crippen molar-refractivity contribution in [3.05, 3.63) is 24.2 Å². The van der Waals surface area contributed by atoms with Crippen LogP contribution in [-0.4, -0.2) is 36.5 Å². The minimum absolute atomic E-state index is 0.0433. The molecule has 2 heterocycles. The van der Waals surface area contributed by atoms with E-state index in [1.54, 1.807) is 6.26 Å². The summed E-state index contributed by atoms with van der Waals surface area (Å²) < 4.78 is 5.18. The summed E-state index contributed by atoms with van der Waals surface area (Å²) in [4.78, 5) is 14.0. The van der Waals surface area contributed by atoms with Crippen LogP contribution in [0.3, 0.4) is 0 Å². The van der Waals surface area contributed by atoms with Gasteiger partial charge in [0, 0.05) is 19.1 Å². The van der Waals surface area contributed by atoms with Gasteiger partial charge in [-0.25, -0.2) is 0 Å². The zero-order chi connectivity index (χ0) is 13.7. The van der Waals surface area contributed by atoms with Crippen LogP contribution in [0.15, 0.2) is 22.8 Å². The van der Waals surface area contributed by atoms with Gasteiger partial charge in [-0.15, -0.1) is 0 Å². The number of nitrogens with zero attached hydrogens (tertiary/aromatic N) is 1. The van der Waals surface area contributed by atoms with E-state index < -0.39 is 0 Å². The van der Waals surface area contributed by atoms with E-state index in [1.807, 2.05) is 12.1 Å². The van der Waals surface area contributed by atoms with Gasteiger partial charge < -0.3 is 15.5 Å². The predicted octanol–water partition coefficient (Wildman–Crippen LogP) is 0.955. The van der Waals surface area contributed by atoms with Crippen LogP contribution in [0.4, 0.5) is 0 Å². The summed E-state index contributed by atoms with van der Waals surface area (Å²) >= 11 is 0. The molecule has 1 aromatic heterocycles. The first kappa shape index (κ1) is 14.1. The molecule has 2 atom stereocenters. The lowest BCUT2D eigenvalue weighted by atomic mass is 9.91. The maximum Gasteiger partial charge on any atom is 0.234 e. The molecule has 3 N–H and O–H groups in total. The van der Waals surface area contributed by atoms with Gasteiger partial charge in [0.15, 0.2) is 0 Å². The summed E-state index contributed by atoms with van der Waals surface area (Å²) in [6, 6.07) is 3.96. The lowest BCUT2D eigenvalue weighted by Crippen LogP contribution is -2.49. The summed E-state index contributed by atoms with van der Waals surface area (Å²) in [5, 5.41) is 2.87. The number of rotatable bonds is 5. The van der Waals surface area contributed by atoms with Crippen molar-refractivity contribution in [3.8, 4) is 0 Å². The van der Waals surface area contributed by atoms with Gasteiger partial charge in [0.1, 0.15) is 5.76 Å². The van der Waals surface area contributed by atoms with E-state index in [0.29, 0.717) is 19.0 Å². The standard InChI is InChI=1S/C14H23N3O2/c1-2-11-9-17(6-5-13(11)15)10-14(18)16-8-12-4-3-7-19-12/h3-4,7,11,13H,2,5-6,8-10,15H2,1H3,(H,16,18). The molecule has 5 heteroatoms. The number of amides is 1. The number of furan rings is 1. The number of likely N-dealkylation sites (tertiary alicyclic amines) is 1. The van der Waals surface area contributed by atoms with Gasteiger partial charge in [0.05, 0.1) is 19.4 Å². The maximum atomic E-state index is 11.9. The smallest absolute Gasteiger partial charge is 0.234 e. The first-order chi connectivity index (χ1) is 9.19. The van der Waals surface area contributed by atoms with Crippen molar-refractivity contribution in [2.45, 2.75) is 32.4 Å². The molecule has 0 radical (unpaired) electrons. The molecule has 0 spiro atoms. The van der Waals surface area contributed by atoms with Gasteiger partial charge in [-0.3, -0.25) is 9.69 Å². The third-order valence-corrected chi connectivity index (χ3v) is 3.81. The largest absolute Gasteiger partial charge is 0.467 e. The highest BCUT2D eigenvalue weighted by molar-refractivity contribution is 5.77. The van der Waals surface area contributed by atoms with Crippen molar-refractivity contribution in [2.24, 2.45) is 11.7 Å². The van der Waals surface area contributed by atoms with Crippen molar-refractivity contribution < 1.29 is 9.21 Å². The van der Waals surface area contributed by atoms with Crippen LogP contribution < -0.4 is 11.1 Å². The van der Waals surface area contributed by atoms with Gasteiger partial charge in [0.25, 0.3) is 0 Å². The molecule has 2 rings (SSSR count). The summed E-state index contributed by atoms with van der Waals surface area (Å²) in [5.74, 6) is 1.33. The zero-order valence-electron chi connectivity index (χ0n) is 11.5. The average Bonchev–Trinajstić information content (AvgIpc) is 2.92. The maximum absolute atomic E-state index is 11.9. The summed E-state index contributed by atoms with van der Waals surface area (Å²) in [7, 11) is 0. The number of carbonyl (C=O) groups excluding carboxylic acids is 1. The van der Waals surface area contributed by atoms with E-state index in [2.05, 4.69) is 17.1 Å². The Bertz CT molecular complexity index is 391. The fourth-order valence-electron chi connectivity index (χ4n) is 2.56. The van der Waals surface area contributed by atoms with Gasteiger partial charge in [-0.2, -0.15) is 0 Å². The van der Waals surface area contributed by atoms with Crippen molar-refractivity contribution in [2.75, 3.05) is 19.6 Å². The van der Waals surface area contributed by atoms with Gasteiger partial charge in [0.2, 0.25) is 5.91 Å². The highest BCUT2D eigenvalue weighted by Crippen LogP contribution is 2.18. The molecule has 5 nitrogen and oxygen atoms in total. The van der Waals surface area contributed by atoms with Crippen LogP contribution in [0.5, 0.6) is 0 Å². The monoisotopic (exact) mass is 265 g/mol. The van der Waals surface area contributed by atoms with Gasteiger partial charge in [-0.05, 0) is 24.5 Å². The number of nitrogens with one attached hydrogen (secondary N) is 1. The Balaban J connectivity index is 1.73. The minimum atomic E-state index is 0.0433. The first-order valence-electron chi connectivity index (χ1n) is 6.96. The van der Waals surface area contributed by atoms with E-state index in [0.717, 1.165) is 31.7 Å². The van der Waals surface area contributed by atoms with Crippen molar-refractivity contribution in [1.82, 2.24) is 10.2 Å². The summed E-state index contributed by atoms with van der Waals surface area (Å²) in [5.41, 5.74) is 6.07. The SMILES string of the molecule is CCC1CN(CC(=O)NCc2ccco2)CCC1N. The van der Waals surface area contributed by atoms with Crippen molar-refractivity contribution in [1.29, 1.82) is 0 Å². The molecule has 1 amide bonds. The highest BCUT2D eigenvalue weighted by Gasteiger charge is 2.26. The fourth-order valence-corrected chi connectivity index (χ4v) is 2.56. The zero-order valence-corrected chi connectivity index (χ0v) is 11.5. The normalized spacial score (nSPS) is 24.3. The Morgan fingerprint density at radius 2 is 2.47 bits per heavy atom. The molecule has 1 saturated heterocycles. The molecule has 1 fully saturated rings. The molecule has 1 aliphatic heterocycles. The second-order valence-corrected chi connectivity index (χ2v) is 5.21. The van der Waals surface area contributed by atoms with E-state index in [9.17, 15) is 4.79 Å². The Morgan fingerprint density at radius 1 is 1.63 bits per heavy atom. The van der Waals surface area contributed by atoms with Crippen molar-refractivity contribution in [3.63, 3.8) is 0 Å². The second kappa shape index (κ2) is 6.73. The molecular formula is C14H23N3O2. The molecule has 106 valence electrons. The Labute approximate surface area is 114 Å². The topological polar surface area (TPSA) is 71.5 Å².